The highest BCUT2D eigenvalue weighted by atomic mass is 16.5. The van der Waals surface area contributed by atoms with Gasteiger partial charge in [0.25, 0.3) is 0 Å². The lowest BCUT2D eigenvalue weighted by molar-refractivity contribution is 0.168. The first-order valence-electron chi connectivity index (χ1n) is 8.11. The quantitative estimate of drug-likeness (QED) is 0.915. The molecule has 0 saturated carbocycles. The Bertz CT molecular complexity index is 471. The Hall–Kier alpha value is -1.20. The van der Waals surface area contributed by atoms with Crippen molar-refractivity contribution in [1.29, 1.82) is 0 Å². The number of anilines is 1. The van der Waals surface area contributed by atoms with Crippen LogP contribution in [0.1, 0.15) is 31.5 Å². The van der Waals surface area contributed by atoms with Crippen LogP contribution in [0.15, 0.2) is 6.33 Å². The summed E-state index contributed by atoms with van der Waals surface area (Å²) in [6, 6.07) is 0.402. The minimum absolute atomic E-state index is 0.402. The van der Waals surface area contributed by atoms with Crippen LogP contribution in [0.5, 0.6) is 0 Å². The van der Waals surface area contributed by atoms with Gasteiger partial charge in [-0.3, -0.25) is 0 Å². The summed E-state index contributed by atoms with van der Waals surface area (Å²) in [5.74, 6) is 1.74. The van der Waals surface area contributed by atoms with Gasteiger partial charge in [-0.2, -0.15) is 0 Å². The van der Waals surface area contributed by atoms with Crippen molar-refractivity contribution < 1.29 is 4.74 Å². The van der Waals surface area contributed by atoms with Gasteiger partial charge in [-0.15, -0.1) is 0 Å². The summed E-state index contributed by atoms with van der Waals surface area (Å²) in [7, 11) is 0. The second-order valence-corrected chi connectivity index (χ2v) is 6.48. The zero-order chi connectivity index (χ0) is 14.7. The van der Waals surface area contributed by atoms with E-state index >= 15 is 0 Å². The molecule has 3 heterocycles. The lowest BCUT2D eigenvalue weighted by Crippen LogP contribution is -2.32. The molecule has 5 nitrogen and oxygen atoms in total. The number of fused-ring (bicyclic) bond motifs is 1. The van der Waals surface area contributed by atoms with Crippen LogP contribution in [0.4, 0.5) is 5.82 Å². The van der Waals surface area contributed by atoms with E-state index < -0.39 is 0 Å². The summed E-state index contributed by atoms with van der Waals surface area (Å²) in [4.78, 5) is 11.5. The molecule has 0 aromatic carbocycles. The molecule has 1 fully saturated rings. The molecule has 0 aliphatic carbocycles. The van der Waals surface area contributed by atoms with Crippen molar-refractivity contribution in [2.24, 2.45) is 5.92 Å². The normalized spacial score (nSPS) is 23.1. The first-order valence-corrected chi connectivity index (χ1v) is 8.11. The van der Waals surface area contributed by atoms with Gasteiger partial charge in [-0.1, -0.05) is 0 Å². The van der Waals surface area contributed by atoms with E-state index in [9.17, 15) is 0 Å². The number of nitrogens with zero attached hydrogens (tertiary/aromatic N) is 3. The summed E-state index contributed by atoms with van der Waals surface area (Å²) < 4.78 is 5.50. The Labute approximate surface area is 127 Å². The van der Waals surface area contributed by atoms with Crippen molar-refractivity contribution in [3.05, 3.63) is 17.6 Å². The molecule has 2 aliphatic rings. The van der Waals surface area contributed by atoms with Crippen molar-refractivity contribution in [3.63, 3.8) is 0 Å². The SMILES string of the molecule is CC(C)Nc1ncnc2c1CCN(C[C@@H]1CCOC1)CC2. The van der Waals surface area contributed by atoms with Crippen LogP contribution in [0, 0.1) is 5.92 Å². The maximum atomic E-state index is 5.50. The van der Waals surface area contributed by atoms with Crippen molar-refractivity contribution in [2.75, 3.05) is 38.2 Å². The van der Waals surface area contributed by atoms with E-state index in [0.29, 0.717) is 12.0 Å². The van der Waals surface area contributed by atoms with Crippen LogP contribution in [-0.2, 0) is 17.6 Å². The third-order valence-electron chi connectivity index (χ3n) is 4.34. The van der Waals surface area contributed by atoms with Gasteiger partial charge >= 0.3 is 0 Å². The molecule has 1 saturated heterocycles. The van der Waals surface area contributed by atoms with Crippen LogP contribution in [0.3, 0.4) is 0 Å². The minimum atomic E-state index is 0.402. The molecule has 1 aromatic rings. The maximum Gasteiger partial charge on any atom is 0.133 e. The van der Waals surface area contributed by atoms with Gasteiger partial charge in [-0.25, -0.2) is 9.97 Å². The fourth-order valence-corrected chi connectivity index (χ4v) is 3.25. The van der Waals surface area contributed by atoms with E-state index in [4.69, 9.17) is 4.74 Å². The molecule has 2 aliphatic heterocycles. The molecule has 0 bridgehead atoms. The van der Waals surface area contributed by atoms with E-state index in [0.717, 1.165) is 51.5 Å². The van der Waals surface area contributed by atoms with E-state index in [1.54, 1.807) is 6.33 Å². The second-order valence-electron chi connectivity index (χ2n) is 6.48. The van der Waals surface area contributed by atoms with Crippen molar-refractivity contribution >= 4 is 5.82 Å². The highest BCUT2D eigenvalue weighted by Gasteiger charge is 2.23. The minimum Gasteiger partial charge on any atom is -0.381 e. The molecular weight excluding hydrogens is 264 g/mol. The Kier molecular flexibility index (Phi) is 4.70. The highest BCUT2D eigenvalue weighted by molar-refractivity contribution is 5.47. The fraction of sp³-hybridized carbons (Fsp3) is 0.750. The predicted molar refractivity (Wildman–Crippen MR) is 83.6 cm³/mol. The molecule has 1 N–H and O–H groups in total. The second kappa shape index (κ2) is 6.71. The van der Waals surface area contributed by atoms with Gasteiger partial charge in [0.05, 0.1) is 12.3 Å². The summed E-state index contributed by atoms with van der Waals surface area (Å²) in [6.45, 7) is 9.53. The first kappa shape index (κ1) is 14.7. The molecule has 21 heavy (non-hydrogen) atoms. The van der Waals surface area contributed by atoms with Crippen molar-refractivity contribution in [2.45, 2.75) is 39.2 Å². The fourth-order valence-electron chi connectivity index (χ4n) is 3.25. The largest absolute Gasteiger partial charge is 0.381 e. The van der Waals surface area contributed by atoms with Crippen molar-refractivity contribution in [3.8, 4) is 0 Å². The molecule has 3 rings (SSSR count). The summed E-state index contributed by atoms with van der Waals surface area (Å²) >= 11 is 0. The number of rotatable bonds is 4. The lowest BCUT2D eigenvalue weighted by atomic mass is 10.1. The zero-order valence-electron chi connectivity index (χ0n) is 13.1. The van der Waals surface area contributed by atoms with E-state index in [1.807, 2.05) is 0 Å². The molecular formula is C16H26N4O. The van der Waals surface area contributed by atoms with Gasteiger partial charge in [0, 0.05) is 44.3 Å². The monoisotopic (exact) mass is 290 g/mol. The number of aromatic nitrogens is 2. The Balaban J connectivity index is 1.67. The molecule has 0 spiro atoms. The van der Waals surface area contributed by atoms with Gasteiger partial charge in [-0.05, 0) is 32.6 Å². The van der Waals surface area contributed by atoms with Gasteiger partial charge in [0.2, 0.25) is 0 Å². The Morgan fingerprint density at radius 2 is 2.19 bits per heavy atom. The summed E-state index contributed by atoms with van der Waals surface area (Å²) in [6.07, 6.45) is 4.98. The summed E-state index contributed by atoms with van der Waals surface area (Å²) in [5.41, 5.74) is 2.54. The van der Waals surface area contributed by atoms with E-state index in [-0.39, 0.29) is 0 Å². The standard InChI is InChI=1S/C16H26N4O/c1-12(2)19-16-14-3-6-20(9-13-5-8-21-10-13)7-4-15(14)17-11-18-16/h11-13H,3-10H2,1-2H3,(H,17,18,19)/t13-/m0/s1. The smallest absolute Gasteiger partial charge is 0.133 e. The average molecular weight is 290 g/mol. The van der Waals surface area contributed by atoms with Crippen molar-refractivity contribution in [1.82, 2.24) is 14.9 Å². The van der Waals surface area contributed by atoms with E-state index in [1.165, 1.54) is 17.7 Å². The van der Waals surface area contributed by atoms with Crippen LogP contribution >= 0.6 is 0 Å². The van der Waals surface area contributed by atoms with Crippen LogP contribution < -0.4 is 5.32 Å². The highest BCUT2D eigenvalue weighted by Crippen LogP contribution is 2.22. The number of nitrogens with one attached hydrogen (secondary N) is 1. The zero-order valence-corrected chi connectivity index (χ0v) is 13.1. The first-order chi connectivity index (χ1) is 10.2. The van der Waals surface area contributed by atoms with Crippen LogP contribution in [0.25, 0.3) is 0 Å². The van der Waals surface area contributed by atoms with Crippen LogP contribution in [-0.4, -0.2) is 53.8 Å². The average Bonchev–Trinajstić information content (AvgIpc) is 2.86. The topological polar surface area (TPSA) is 50.3 Å². The molecule has 0 amide bonds. The third kappa shape index (κ3) is 3.71. The molecule has 116 valence electrons. The molecule has 5 heteroatoms. The molecule has 0 radical (unpaired) electrons. The molecule has 1 aromatic heterocycles. The number of hydrogen-bond acceptors (Lipinski definition) is 5. The van der Waals surface area contributed by atoms with E-state index in [2.05, 4.69) is 34.0 Å². The summed E-state index contributed by atoms with van der Waals surface area (Å²) in [5, 5.41) is 3.46. The third-order valence-corrected chi connectivity index (χ3v) is 4.34. The number of hydrogen-bond donors (Lipinski definition) is 1. The number of ether oxygens (including phenoxy) is 1. The Morgan fingerprint density at radius 1 is 1.33 bits per heavy atom. The van der Waals surface area contributed by atoms with Gasteiger partial charge < -0.3 is 15.0 Å². The molecule has 0 unspecified atom stereocenters. The lowest BCUT2D eigenvalue weighted by Gasteiger charge is -2.22. The molecule has 1 atom stereocenters. The van der Waals surface area contributed by atoms with Gasteiger partial charge in [0.1, 0.15) is 12.1 Å². The Morgan fingerprint density at radius 3 is 2.95 bits per heavy atom. The van der Waals surface area contributed by atoms with Crippen LogP contribution in [0.2, 0.25) is 0 Å². The maximum absolute atomic E-state index is 5.50. The predicted octanol–water partition coefficient (Wildman–Crippen LogP) is 1.73. The van der Waals surface area contributed by atoms with Gasteiger partial charge in [0.15, 0.2) is 0 Å².